The van der Waals surface area contributed by atoms with Gasteiger partial charge in [-0.25, -0.2) is 4.98 Å². The van der Waals surface area contributed by atoms with Crippen LogP contribution in [0.25, 0.3) is 10.8 Å². The van der Waals surface area contributed by atoms with E-state index in [0.29, 0.717) is 24.3 Å². The maximum absolute atomic E-state index is 11.2. The lowest BCUT2D eigenvalue weighted by atomic mass is 9.82. The number of nitrogens with two attached hydrogens (primary N) is 2. The third-order valence-corrected chi connectivity index (χ3v) is 6.30. The fourth-order valence-electron chi connectivity index (χ4n) is 4.45. The number of nitrogen functional groups attached to an aromatic ring is 1. The van der Waals surface area contributed by atoms with Crippen molar-refractivity contribution in [2.24, 2.45) is 17.6 Å². The monoisotopic (exact) mass is 436 g/mol. The third-order valence-electron chi connectivity index (χ3n) is 6.30. The Bertz CT molecular complexity index is 1110. The van der Waals surface area contributed by atoms with E-state index in [0.717, 1.165) is 54.4 Å². The number of rotatable bonds is 7. The van der Waals surface area contributed by atoms with Gasteiger partial charge in [0.1, 0.15) is 11.9 Å². The van der Waals surface area contributed by atoms with Crippen molar-refractivity contribution in [1.29, 1.82) is 0 Å². The number of hydrogen-bond donors (Lipinski definition) is 2. The lowest BCUT2D eigenvalue weighted by molar-refractivity contribution is -0.384. The first-order chi connectivity index (χ1) is 15.5. The molecule has 0 radical (unpaired) electrons. The normalized spacial score (nSPS) is 18.4. The number of nitro groups is 1. The van der Waals surface area contributed by atoms with Crippen molar-refractivity contribution in [2.45, 2.75) is 25.7 Å². The largest absolute Gasteiger partial charge is 0.496 e. The predicted octanol–water partition coefficient (Wildman–Crippen LogP) is 4.03. The number of hydrogen-bond acceptors (Lipinski definition) is 8. The summed E-state index contributed by atoms with van der Waals surface area (Å²) in [5.74, 6) is 1.93. The first kappa shape index (κ1) is 21.8. The van der Waals surface area contributed by atoms with E-state index >= 15 is 0 Å². The predicted molar refractivity (Wildman–Crippen MR) is 125 cm³/mol. The lowest BCUT2D eigenvalue weighted by Crippen LogP contribution is -2.31. The summed E-state index contributed by atoms with van der Waals surface area (Å²) in [6, 6.07) is 12.0. The van der Waals surface area contributed by atoms with Crippen molar-refractivity contribution < 1.29 is 9.66 Å². The summed E-state index contributed by atoms with van der Waals surface area (Å²) < 4.78 is 5.65. The van der Waals surface area contributed by atoms with Gasteiger partial charge in [-0.2, -0.15) is 4.98 Å². The van der Waals surface area contributed by atoms with Gasteiger partial charge in [-0.15, -0.1) is 0 Å². The summed E-state index contributed by atoms with van der Waals surface area (Å²) in [7, 11) is 1.64. The highest BCUT2D eigenvalue weighted by Gasteiger charge is 2.26. The molecule has 2 aromatic carbocycles. The Morgan fingerprint density at radius 3 is 2.56 bits per heavy atom. The summed E-state index contributed by atoms with van der Waals surface area (Å²) >= 11 is 0. The van der Waals surface area contributed by atoms with E-state index < -0.39 is 4.92 Å². The molecule has 1 heterocycles. The Hall–Kier alpha value is -3.46. The zero-order chi connectivity index (χ0) is 22.7. The SMILES string of the molecule is COc1cc(N(CC2CCC(CN)CC2)c2ncc([N+](=O)[O-])c(N)n2)cc2ccccc12. The standard InChI is InChI=1S/C23H28N6O3/c1-32-21-11-18(10-17-4-2-3-5-19(17)21)28(14-16-8-6-15(12-24)7-9-16)23-26-13-20(29(30)31)22(25)27-23/h2-5,10-11,13,15-16H,6-9,12,14,24H2,1H3,(H2,25,26,27). The molecule has 1 aromatic heterocycles. The van der Waals surface area contributed by atoms with Crippen LogP contribution in [0, 0.1) is 22.0 Å². The van der Waals surface area contributed by atoms with Crippen LogP contribution >= 0.6 is 0 Å². The quantitative estimate of drug-likeness (QED) is 0.419. The number of fused-ring (bicyclic) bond motifs is 1. The molecular weight excluding hydrogens is 408 g/mol. The molecule has 168 valence electrons. The van der Waals surface area contributed by atoms with Crippen molar-refractivity contribution in [1.82, 2.24) is 9.97 Å². The highest BCUT2D eigenvalue weighted by molar-refractivity contribution is 5.92. The average molecular weight is 437 g/mol. The van der Waals surface area contributed by atoms with Crippen molar-refractivity contribution in [2.75, 3.05) is 30.8 Å². The Labute approximate surface area is 186 Å². The van der Waals surface area contributed by atoms with Crippen LogP contribution in [0.2, 0.25) is 0 Å². The molecule has 0 amide bonds. The van der Waals surface area contributed by atoms with Gasteiger partial charge >= 0.3 is 5.69 Å². The zero-order valence-corrected chi connectivity index (χ0v) is 18.1. The molecule has 9 heteroatoms. The Balaban J connectivity index is 1.75. The van der Waals surface area contributed by atoms with E-state index in [9.17, 15) is 10.1 Å². The Morgan fingerprint density at radius 2 is 1.91 bits per heavy atom. The van der Waals surface area contributed by atoms with Crippen LogP contribution in [0.15, 0.2) is 42.6 Å². The Kier molecular flexibility index (Phi) is 6.36. The zero-order valence-electron chi connectivity index (χ0n) is 18.1. The highest BCUT2D eigenvalue weighted by Crippen LogP contribution is 2.37. The molecule has 9 nitrogen and oxygen atoms in total. The van der Waals surface area contributed by atoms with E-state index in [1.165, 1.54) is 6.20 Å². The summed E-state index contributed by atoms with van der Waals surface area (Å²) in [5, 5.41) is 13.2. The lowest BCUT2D eigenvalue weighted by Gasteiger charge is -2.32. The molecule has 0 aliphatic heterocycles. The molecule has 1 aliphatic rings. The first-order valence-corrected chi connectivity index (χ1v) is 10.8. The topological polar surface area (TPSA) is 133 Å². The number of ether oxygens (including phenoxy) is 1. The molecule has 4 N–H and O–H groups in total. The number of aromatic nitrogens is 2. The minimum atomic E-state index is -0.573. The summed E-state index contributed by atoms with van der Waals surface area (Å²) in [5.41, 5.74) is 12.3. The van der Waals surface area contributed by atoms with Crippen molar-refractivity contribution in [3.63, 3.8) is 0 Å². The molecular formula is C23H28N6O3. The van der Waals surface area contributed by atoms with Gasteiger partial charge in [0.15, 0.2) is 0 Å². The summed E-state index contributed by atoms with van der Waals surface area (Å²) in [6.07, 6.45) is 5.49. The molecule has 0 spiro atoms. The van der Waals surface area contributed by atoms with E-state index in [1.807, 2.05) is 35.2 Å². The van der Waals surface area contributed by atoms with Gasteiger partial charge in [-0.05, 0) is 55.5 Å². The van der Waals surface area contributed by atoms with E-state index in [1.54, 1.807) is 7.11 Å². The molecule has 1 aliphatic carbocycles. The van der Waals surface area contributed by atoms with E-state index in [4.69, 9.17) is 16.2 Å². The Morgan fingerprint density at radius 1 is 1.19 bits per heavy atom. The van der Waals surface area contributed by atoms with Gasteiger partial charge in [0.2, 0.25) is 11.8 Å². The van der Waals surface area contributed by atoms with Crippen LogP contribution in [0.4, 0.5) is 23.1 Å². The number of anilines is 3. The molecule has 3 aromatic rings. The number of nitrogens with zero attached hydrogens (tertiary/aromatic N) is 4. The fourth-order valence-corrected chi connectivity index (χ4v) is 4.45. The van der Waals surface area contributed by atoms with Gasteiger partial charge in [0, 0.05) is 23.7 Å². The van der Waals surface area contributed by atoms with Crippen LogP contribution in [-0.4, -0.2) is 35.1 Å². The second-order valence-electron chi connectivity index (χ2n) is 8.30. The average Bonchev–Trinajstić information content (AvgIpc) is 2.81. The van der Waals surface area contributed by atoms with Crippen molar-refractivity contribution >= 4 is 33.9 Å². The van der Waals surface area contributed by atoms with Crippen LogP contribution in [0.5, 0.6) is 5.75 Å². The van der Waals surface area contributed by atoms with Crippen LogP contribution in [0.3, 0.4) is 0 Å². The number of methoxy groups -OCH3 is 1. The van der Waals surface area contributed by atoms with Crippen molar-refractivity contribution in [3.05, 3.63) is 52.7 Å². The van der Waals surface area contributed by atoms with Crippen LogP contribution in [0.1, 0.15) is 25.7 Å². The minimum absolute atomic E-state index is 0.149. The maximum Gasteiger partial charge on any atom is 0.329 e. The smallest absolute Gasteiger partial charge is 0.329 e. The molecule has 1 fully saturated rings. The van der Waals surface area contributed by atoms with E-state index in [2.05, 4.69) is 16.0 Å². The second-order valence-corrected chi connectivity index (χ2v) is 8.30. The fraction of sp³-hybridized carbons (Fsp3) is 0.391. The first-order valence-electron chi connectivity index (χ1n) is 10.8. The number of benzene rings is 2. The van der Waals surface area contributed by atoms with Crippen molar-refractivity contribution in [3.8, 4) is 5.75 Å². The molecule has 0 atom stereocenters. The van der Waals surface area contributed by atoms with Gasteiger partial charge in [-0.3, -0.25) is 10.1 Å². The van der Waals surface area contributed by atoms with Gasteiger partial charge in [0.05, 0.1) is 12.0 Å². The maximum atomic E-state index is 11.2. The van der Waals surface area contributed by atoms with E-state index in [-0.39, 0.29) is 11.5 Å². The molecule has 1 saturated carbocycles. The second kappa shape index (κ2) is 9.35. The molecule has 0 bridgehead atoms. The van der Waals surface area contributed by atoms with Gasteiger partial charge < -0.3 is 21.1 Å². The molecule has 4 rings (SSSR count). The highest BCUT2D eigenvalue weighted by atomic mass is 16.6. The van der Waals surface area contributed by atoms with Crippen LogP contribution < -0.4 is 21.1 Å². The van der Waals surface area contributed by atoms with Crippen LogP contribution in [-0.2, 0) is 0 Å². The summed E-state index contributed by atoms with van der Waals surface area (Å²) in [6.45, 7) is 1.40. The summed E-state index contributed by atoms with van der Waals surface area (Å²) in [4.78, 5) is 21.2. The van der Waals surface area contributed by atoms with Gasteiger partial charge in [-0.1, -0.05) is 24.3 Å². The molecule has 0 unspecified atom stereocenters. The van der Waals surface area contributed by atoms with Gasteiger partial charge in [0.25, 0.3) is 0 Å². The molecule has 32 heavy (non-hydrogen) atoms. The minimum Gasteiger partial charge on any atom is -0.496 e. The third kappa shape index (κ3) is 4.43. The molecule has 0 saturated heterocycles.